The van der Waals surface area contributed by atoms with Crippen molar-refractivity contribution in [2.75, 3.05) is 38.1 Å². The molecule has 0 amide bonds. The highest BCUT2D eigenvalue weighted by Gasteiger charge is 2.17. The van der Waals surface area contributed by atoms with Gasteiger partial charge in [0.05, 0.1) is 12.1 Å². The number of rotatable bonds is 3. The van der Waals surface area contributed by atoms with Crippen LogP contribution in [0.1, 0.15) is 5.56 Å². The molecule has 5 heteroatoms. The van der Waals surface area contributed by atoms with Crippen LogP contribution >= 0.6 is 0 Å². The fourth-order valence-electron chi connectivity index (χ4n) is 2.14. The van der Waals surface area contributed by atoms with Crippen LogP contribution in [0, 0.1) is 5.82 Å². The largest absolute Gasteiger partial charge is 0.481 e. The molecular formula is C13H17FN2O2. The summed E-state index contributed by atoms with van der Waals surface area (Å²) in [6.07, 6.45) is -0.139. The highest BCUT2D eigenvalue weighted by Crippen LogP contribution is 2.22. The minimum absolute atomic E-state index is 0.139. The van der Waals surface area contributed by atoms with E-state index in [1.807, 2.05) is 11.9 Å². The Labute approximate surface area is 106 Å². The number of piperazine rings is 1. The van der Waals surface area contributed by atoms with Crippen LogP contribution in [0.4, 0.5) is 10.1 Å². The number of benzene rings is 1. The standard InChI is InChI=1S/C13H17FN2O2/c1-15-4-6-16(7-5-15)12-3-2-10(8-11(12)14)9-13(17)18/h2-3,8H,4-7,9H2,1H3,(H,17,18). The van der Waals surface area contributed by atoms with Crippen molar-refractivity contribution >= 4 is 11.7 Å². The molecule has 1 aliphatic rings. The van der Waals surface area contributed by atoms with Crippen LogP contribution in [0.3, 0.4) is 0 Å². The molecule has 98 valence electrons. The third-order valence-electron chi connectivity index (χ3n) is 3.21. The molecule has 1 aliphatic heterocycles. The third kappa shape index (κ3) is 2.98. The molecular weight excluding hydrogens is 235 g/mol. The van der Waals surface area contributed by atoms with Crippen molar-refractivity contribution in [3.05, 3.63) is 29.6 Å². The molecule has 1 heterocycles. The molecule has 1 N–H and O–H groups in total. The van der Waals surface area contributed by atoms with Gasteiger partial charge in [0.2, 0.25) is 0 Å². The summed E-state index contributed by atoms with van der Waals surface area (Å²) >= 11 is 0. The number of likely N-dealkylation sites (N-methyl/N-ethyl adjacent to an activating group) is 1. The third-order valence-corrected chi connectivity index (χ3v) is 3.21. The lowest BCUT2D eigenvalue weighted by atomic mass is 10.1. The van der Waals surface area contributed by atoms with Crippen molar-refractivity contribution in [3.8, 4) is 0 Å². The number of carbonyl (C=O) groups is 1. The Balaban J connectivity index is 2.12. The summed E-state index contributed by atoms with van der Waals surface area (Å²) in [5.41, 5.74) is 1.06. The van der Waals surface area contributed by atoms with Gasteiger partial charge in [0.25, 0.3) is 0 Å². The fraction of sp³-hybridized carbons (Fsp3) is 0.462. The Morgan fingerprint density at radius 2 is 2.00 bits per heavy atom. The zero-order valence-electron chi connectivity index (χ0n) is 10.4. The van der Waals surface area contributed by atoms with E-state index >= 15 is 0 Å². The van der Waals surface area contributed by atoms with Crippen LogP contribution in [-0.4, -0.2) is 49.2 Å². The second kappa shape index (κ2) is 5.35. The highest BCUT2D eigenvalue weighted by molar-refractivity contribution is 5.70. The molecule has 2 rings (SSSR count). The Morgan fingerprint density at radius 1 is 1.33 bits per heavy atom. The Kier molecular flexibility index (Phi) is 3.81. The van der Waals surface area contributed by atoms with Gasteiger partial charge >= 0.3 is 5.97 Å². The van der Waals surface area contributed by atoms with Crippen LogP contribution < -0.4 is 4.90 Å². The number of hydrogen-bond acceptors (Lipinski definition) is 3. The van der Waals surface area contributed by atoms with Gasteiger partial charge in [-0.1, -0.05) is 6.07 Å². The first-order valence-electron chi connectivity index (χ1n) is 6.00. The lowest BCUT2D eigenvalue weighted by molar-refractivity contribution is -0.136. The average molecular weight is 252 g/mol. The number of nitrogens with zero attached hydrogens (tertiary/aromatic N) is 2. The lowest BCUT2D eigenvalue weighted by Crippen LogP contribution is -2.44. The number of aliphatic carboxylic acids is 1. The van der Waals surface area contributed by atoms with E-state index in [0.717, 1.165) is 26.2 Å². The fourth-order valence-corrected chi connectivity index (χ4v) is 2.14. The van der Waals surface area contributed by atoms with Gasteiger partial charge < -0.3 is 14.9 Å². The molecule has 0 atom stereocenters. The molecule has 0 aromatic heterocycles. The van der Waals surface area contributed by atoms with Crippen LogP contribution in [0.25, 0.3) is 0 Å². The van der Waals surface area contributed by atoms with E-state index in [1.165, 1.54) is 6.07 Å². The highest BCUT2D eigenvalue weighted by atomic mass is 19.1. The van der Waals surface area contributed by atoms with Crippen LogP contribution in [0.15, 0.2) is 18.2 Å². The summed E-state index contributed by atoms with van der Waals surface area (Å²) in [6.45, 7) is 3.42. The summed E-state index contributed by atoms with van der Waals surface area (Å²) in [6, 6.07) is 4.69. The molecule has 1 saturated heterocycles. The number of carboxylic acid groups (broad SMARTS) is 1. The van der Waals surface area contributed by atoms with Gasteiger partial charge in [-0.15, -0.1) is 0 Å². The monoisotopic (exact) mass is 252 g/mol. The second-order valence-electron chi connectivity index (χ2n) is 4.65. The van der Waals surface area contributed by atoms with E-state index in [4.69, 9.17) is 5.11 Å². The normalized spacial score (nSPS) is 16.9. The van der Waals surface area contributed by atoms with Gasteiger partial charge in [0.15, 0.2) is 0 Å². The summed E-state index contributed by atoms with van der Waals surface area (Å²) in [4.78, 5) is 14.8. The van der Waals surface area contributed by atoms with Gasteiger partial charge in [-0.25, -0.2) is 4.39 Å². The van der Waals surface area contributed by atoms with E-state index in [0.29, 0.717) is 11.3 Å². The Morgan fingerprint density at radius 3 is 2.56 bits per heavy atom. The predicted molar refractivity (Wildman–Crippen MR) is 67.4 cm³/mol. The summed E-state index contributed by atoms with van der Waals surface area (Å²) in [5, 5.41) is 8.67. The van der Waals surface area contributed by atoms with Gasteiger partial charge in [-0.2, -0.15) is 0 Å². The molecule has 0 bridgehead atoms. The SMILES string of the molecule is CN1CCN(c2ccc(CC(=O)O)cc2F)CC1. The van der Waals surface area contributed by atoms with E-state index in [1.54, 1.807) is 12.1 Å². The number of halogens is 1. The number of hydrogen-bond donors (Lipinski definition) is 1. The first kappa shape index (κ1) is 12.8. The second-order valence-corrected chi connectivity index (χ2v) is 4.65. The van der Waals surface area contributed by atoms with Crippen LogP contribution in [0.2, 0.25) is 0 Å². The Bertz CT molecular complexity index is 443. The summed E-state index contributed by atoms with van der Waals surface area (Å²) in [5.74, 6) is -1.28. The molecule has 18 heavy (non-hydrogen) atoms. The smallest absolute Gasteiger partial charge is 0.307 e. The molecule has 0 unspecified atom stereocenters. The minimum Gasteiger partial charge on any atom is -0.481 e. The molecule has 0 saturated carbocycles. The molecule has 1 aromatic carbocycles. The minimum atomic E-state index is -0.943. The van der Waals surface area contributed by atoms with Crippen molar-refractivity contribution < 1.29 is 14.3 Å². The molecule has 1 aromatic rings. The van der Waals surface area contributed by atoms with Gasteiger partial charge in [0.1, 0.15) is 5.82 Å². The molecule has 0 spiro atoms. The maximum absolute atomic E-state index is 13.9. The zero-order chi connectivity index (χ0) is 13.1. The lowest BCUT2D eigenvalue weighted by Gasteiger charge is -2.34. The van der Waals surface area contributed by atoms with Crippen molar-refractivity contribution in [1.29, 1.82) is 0 Å². The average Bonchev–Trinajstić information content (AvgIpc) is 2.30. The topological polar surface area (TPSA) is 43.8 Å². The maximum atomic E-state index is 13.9. The van der Waals surface area contributed by atoms with E-state index in [2.05, 4.69) is 4.90 Å². The van der Waals surface area contributed by atoms with Gasteiger partial charge in [-0.3, -0.25) is 4.79 Å². The quantitative estimate of drug-likeness (QED) is 0.878. The van der Waals surface area contributed by atoms with Gasteiger partial charge in [0, 0.05) is 26.2 Å². The Hall–Kier alpha value is -1.62. The predicted octanol–water partition coefficient (Wildman–Crippen LogP) is 1.20. The van der Waals surface area contributed by atoms with Crippen molar-refractivity contribution in [2.45, 2.75) is 6.42 Å². The van der Waals surface area contributed by atoms with E-state index in [9.17, 15) is 9.18 Å². The number of carboxylic acids is 1. The van der Waals surface area contributed by atoms with E-state index in [-0.39, 0.29) is 12.2 Å². The molecule has 1 fully saturated rings. The van der Waals surface area contributed by atoms with Gasteiger partial charge in [-0.05, 0) is 24.7 Å². The maximum Gasteiger partial charge on any atom is 0.307 e. The number of anilines is 1. The summed E-state index contributed by atoms with van der Waals surface area (Å²) < 4.78 is 13.9. The van der Waals surface area contributed by atoms with Crippen molar-refractivity contribution in [2.24, 2.45) is 0 Å². The zero-order valence-corrected chi connectivity index (χ0v) is 10.4. The van der Waals surface area contributed by atoms with Crippen molar-refractivity contribution in [3.63, 3.8) is 0 Å². The van der Waals surface area contributed by atoms with E-state index < -0.39 is 5.97 Å². The molecule has 0 aliphatic carbocycles. The first-order valence-corrected chi connectivity index (χ1v) is 6.00. The van der Waals surface area contributed by atoms with Crippen LogP contribution in [-0.2, 0) is 11.2 Å². The van der Waals surface area contributed by atoms with Crippen LogP contribution in [0.5, 0.6) is 0 Å². The van der Waals surface area contributed by atoms with Crippen molar-refractivity contribution in [1.82, 2.24) is 4.90 Å². The molecule has 0 radical (unpaired) electrons. The first-order chi connectivity index (χ1) is 8.56. The summed E-state index contributed by atoms with van der Waals surface area (Å²) in [7, 11) is 2.05. The molecule has 4 nitrogen and oxygen atoms in total.